The van der Waals surface area contributed by atoms with E-state index in [0.717, 1.165) is 31.9 Å². The highest BCUT2D eigenvalue weighted by Crippen LogP contribution is 2.26. The molecule has 5 aromatic rings. The van der Waals surface area contributed by atoms with E-state index in [4.69, 9.17) is 0 Å². The van der Waals surface area contributed by atoms with Gasteiger partial charge in [0.15, 0.2) is 0 Å². The Bertz CT molecular complexity index is 1360. The van der Waals surface area contributed by atoms with E-state index in [0.29, 0.717) is 17.1 Å². The minimum Gasteiger partial charge on any atom is -0.340 e. The first-order chi connectivity index (χ1) is 14.2. The van der Waals surface area contributed by atoms with Crippen LogP contribution in [-0.4, -0.2) is 31.3 Å². The van der Waals surface area contributed by atoms with Crippen molar-refractivity contribution >= 4 is 55.7 Å². The lowest BCUT2D eigenvalue weighted by atomic mass is 10.2. The first-order valence-corrected chi connectivity index (χ1v) is 9.68. The minimum absolute atomic E-state index is 0.255. The molecule has 0 fully saturated rings. The zero-order valence-electron chi connectivity index (χ0n) is 15.3. The van der Waals surface area contributed by atoms with Gasteiger partial charge >= 0.3 is 0 Å². The van der Waals surface area contributed by atoms with Gasteiger partial charge in [-0.25, -0.2) is 9.97 Å². The monoisotopic (exact) mass is 401 g/mol. The number of nitrogens with one attached hydrogen (secondary N) is 3. The van der Waals surface area contributed by atoms with Crippen LogP contribution >= 0.6 is 11.3 Å². The molecule has 0 aliphatic heterocycles. The van der Waals surface area contributed by atoms with Crippen molar-refractivity contribution in [2.75, 3.05) is 10.6 Å². The van der Waals surface area contributed by atoms with E-state index >= 15 is 0 Å². The Balaban J connectivity index is 1.41. The highest BCUT2D eigenvalue weighted by molar-refractivity contribution is 7.18. The Morgan fingerprint density at radius 3 is 2.76 bits per heavy atom. The van der Waals surface area contributed by atoms with Gasteiger partial charge in [0.05, 0.1) is 20.8 Å². The van der Waals surface area contributed by atoms with Gasteiger partial charge in [-0.05, 0) is 55.5 Å². The summed E-state index contributed by atoms with van der Waals surface area (Å²) in [6, 6.07) is 14.7. The molecule has 0 aliphatic carbocycles. The van der Waals surface area contributed by atoms with E-state index in [9.17, 15) is 4.79 Å². The van der Waals surface area contributed by atoms with Crippen LogP contribution in [0.4, 0.5) is 17.2 Å². The SMILES string of the molecule is Cc1nc2cc(NC(=O)c3cccnc3Nc3ccc4n[nH]nc4c3)ccc2s1. The molecule has 0 radical (unpaired) electrons. The lowest BCUT2D eigenvalue weighted by Gasteiger charge is -2.11. The molecule has 0 bridgehead atoms. The van der Waals surface area contributed by atoms with Crippen LogP contribution < -0.4 is 10.6 Å². The Kier molecular flexibility index (Phi) is 4.14. The summed E-state index contributed by atoms with van der Waals surface area (Å²) in [7, 11) is 0. The second-order valence-corrected chi connectivity index (χ2v) is 7.66. The summed E-state index contributed by atoms with van der Waals surface area (Å²) in [5, 5.41) is 17.8. The Labute approximate surface area is 169 Å². The number of carbonyl (C=O) groups is 1. The quantitative estimate of drug-likeness (QED) is 0.415. The van der Waals surface area contributed by atoms with Crippen LogP contribution in [0.1, 0.15) is 15.4 Å². The number of hydrogen-bond acceptors (Lipinski definition) is 7. The summed E-state index contributed by atoms with van der Waals surface area (Å²) < 4.78 is 1.09. The molecule has 2 aromatic carbocycles. The smallest absolute Gasteiger partial charge is 0.259 e. The van der Waals surface area contributed by atoms with Gasteiger partial charge in [0, 0.05) is 17.6 Å². The molecule has 0 saturated carbocycles. The van der Waals surface area contributed by atoms with Crippen molar-refractivity contribution in [1.82, 2.24) is 25.4 Å². The van der Waals surface area contributed by atoms with Gasteiger partial charge in [-0.1, -0.05) is 0 Å². The van der Waals surface area contributed by atoms with E-state index in [1.165, 1.54) is 0 Å². The average Bonchev–Trinajstić information content (AvgIpc) is 3.33. The fourth-order valence-electron chi connectivity index (χ4n) is 3.06. The van der Waals surface area contributed by atoms with Crippen LogP contribution in [0.3, 0.4) is 0 Å². The maximum atomic E-state index is 12.9. The molecule has 1 amide bonds. The molecule has 8 nitrogen and oxygen atoms in total. The van der Waals surface area contributed by atoms with Gasteiger partial charge in [0.1, 0.15) is 16.9 Å². The predicted octanol–water partition coefficient (Wildman–Crippen LogP) is 4.27. The van der Waals surface area contributed by atoms with Crippen molar-refractivity contribution in [3.05, 3.63) is 65.3 Å². The highest BCUT2D eigenvalue weighted by Gasteiger charge is 2.14. The number of aromatic nitrogens is 5. The maximum Gasteiger partial charge on any atom is 0.259 e. The van der Waals surface area contributed by atoms with Gasteiger partial charge in [-0.3, -0.25) is 4.79 Å². The lowest BCUT2D eigenvalue weighted by molar-refractivity contribution is 0.102. The lowest BCUT2D eigenvalue weighted by Crippen LogP contribution is -2.14. The van der Waals surface area contributed by atoms with Crippen molar-refractivity contribution in [3.8, 4) is 0 Å². The van der Waals surface area contributed by atoms with Crippen LogP contribution in [-0.2, 0) is 0 Å². The normalized spacial score (nSPS) is 11.1. The Hall–Kier alpha value is -3.85. The molecule has 5 rings (SSSR count). The number of benzene rings is 2. The van der Waals surface area contributed by atoms with Crippen LogP contribution in [0.25, 0.3) is 21.3 Å². The number of aromatic amines is 1. The summed E-state index contributed by atoms with van der Waals surface area (Å²) in [6.07, 6.45) is 1.64. The molecule has 3 N–H and O–H groups in total. The van der Waals surface area contributed by atoms with Crippen molar-refractivity contribution in [1.29, 1.82) is 0 Å². The molecule has 0 aliphatic rings. The van der Waals surface area contributed by atoms with Crippen molar-refractivity contribution < 1.29 is 4.79 Å². The first-order valence-electron chi connectivity index (χ1n) is 8.87. The molecule has 3 heterocycles. The van der Waals surface area contributed by atoms with Gasteiger partial charge < -0.3 is 10.6 Å². The van der Waals surface area contributed by atoms with Gasteiger partial charge in [-0.2, -0.15) is 15.4 Å². The van der Waals surface area contributed by atoms with Crippen LogP contribution in [0.5, 0.6) is 0 Å². The number of fused-ring (bicyclic) bond motifs is 2. The molecule has 29 heavy (non-hydrogen) atoms. The topological polar surface area (TPSA) is 108 Å². The van der Waals surface area contributed by atoms with E-state index in [-0.39, 0.29) is 5.91 Å². The molecule has 0 unspecified atom stereocenters. The highest BCUT2D eigenvalue weighted by atomic mass is 32.1. The van der Waals surface area contributed by atoms with E-state index < -0.39 is 0 Å². The van der Waals surface area contributed by atoms with Crippen LogP contribution in [0, 0.1) is 6.92 Å². The predicted molar refractivity (Wildman–Crippen MR) is 114 cm³/mol. The number of thiazole rings is 1. The van der Waals surface area contributed by atoms with Crippen molar-refractivity contribution in [2.24, 2.45) is 0 Å². The summed E-state index contributed by atoms with van der Waals surface area (Å²) in [4.78, 5) is 21.7. The standard InChI is InChI=1S/C20H15N7OS/c1-11-22-17-10-13(5-7-18(17)29-11)24-20(28)14-3-2-8-21-19(14)23-12-4-6-15-16(9-12)26-27-25-15/h2-10H,1H3,(H,21,23)(H,24,28)(H,25,26,27). The Morgan fingerprint density at radius 1 is 1.00 bits per heavy atom. The summed E-state index contributed by atoms with van der Waals surface area (Å²) in [5.74, 6) is 0.202. The van der Waals surface area contributed by atoms with Crippen LogP contribution in [0.15, 0.2) is 54.7 Å². The van der Waals surface area contributed by atoms with Crippen LogP contribution in [0.2, 0.25) is 0 Å². The number of aryl methyl sites for hydroxylation is 1. The number of hydrogen-bond donors (Lipinski definition) is 3. The third-order valence-electron chi connectivity index (χ3n) is 4.38. The van der Waals surface area contributed by atoms with E-state index in [2.05, 4.69) is 36.0 Å². The number of rotatable bonds is 4. The summed E-state index contributed by atoms with van der Waals surface area (Å²) in [6.45, 7) is 1.97. The van der Waals surface area contributed by atoms with Gasteiger partial charge in [0.25, 0.3) is 5.91 Å². The largest absolute Gasteiger partial charge is 0.340 e. The van der Waals surface area contributed by atoms with E-state index in [1.807, 2.05) is 43.3 Å². The minimum atomic E-state index is -0.255. The van der Waals surface area contributed by atoms with Crippen molar-refractivity contribution in [2.45, 2.75) is 6.92 Å². The zero-order chi connectivity index (χ0) is 19.8. The third kappa shape index (κ3) is 3.39. The fraction of sp³-hybridized carbons (Fsp3) is 0.0500. The second kappa shape index (κ2) is 6.95. The summed E-state index contributed by atoms with van der Waals surface area (Å²) >= 11 is 1.63. The number of amides is 1. The number of H-pyrrole nitrogens is 1. The number of pyridine rings is 1. The number of nitrogens with zero attached hydrogens (tertiary/aromatic N) is 4. The fourth-order valence-corrected chi connectivity index (χ4v) is 3.87. The molecular formula is C20H15N7OS. The maximum absolute atomic E-state index is 12.9. The molecular weight excluding hydrogens is 386 g/mol. The first kappa shape index (κ1) is 17.3. The molecule has 0 spiro atoms. The molecule has 9 heteroatoms. The third-order valence-corrected chi connectivity index (χ3v) is 5.34. The van der Waals surface area contributed by atoms with Crippen molar-refractivity contribution in [3.63, 3.8) is 0 Å². The van der Waals surface area contributed by atoms with Gasteiger partial charge in [-0.15, -0.1) is 11.3 Å². The molecule has 3 aromatic heterocycles. The van der Waals surface area contributed by atoms with E-state index in [1.54, 1.807) is 29.7 Å². The molecule has 0 saturated heterocycles. The molecule has 142 valence electrons. The number of carbonyl (C=O) groups excluding carboxylic acids is 1. The molecule has 0 atom stereocenters. The van der Waals surface area contributed by atoms with Gasteiger partial charge in [0.2, 0.25) is 0 Å². The Morgan fingerprint density at radius 2 is 1.83 bits per heavy atom. The summed E-state index contributed by atoms with van der Waals surface area (Å²) in [5.41, 5.74) is 4.24. The second-order valence-electron chi connectivity index (χ2n) is 6.42. The average molecular weight is 401 g/mol. The number of anilines is 3. The zero-order valence-corrected chi connectivity index (χ0v) is 16.1.